The number of carbonyl (C=O) groups excluding carboxylic acids is 2. The van der Waals surface area contributed by atoms with E-state index in [0.717, 1.165) is 29.7 Å². The van der Waals surface area contributed by atoms with Crippen molar-refractivity contribution in [2.75, 3.05) is 31.5 Å². The summed E-state index contributed by atoms with van der Waals surface area (Å²) in [5.74, 6) is 0.405. The number of aryl methyl sites for hydroxylation is 1. The van der Waals surface area contributed by atoms with Crippen LogP contribution in [0.5, 0.6) is 11.5 Å². The fourth-order valence-corrected chi connectivity index (χ4v) is 3.41. The monoisotopic (exact) mass is 410 g/mol. The molecular formula is C22H22N2O6. The lowest BCUT2D eigenvalue weighted by Crippen LogP contribution is -2.38. The standard InChI is InChI=1S/C22H22N2O6/c1-15(17-8-9-19-20(11-17)29-14-28-19)23-30-13-22(26)27-12-21(25)24-10-4-6-16-5-2-3-7-18(16)24/h2-3,5,7-9,11H,4,6,10,12-14H2,1H3/b23-15-. The highest BCUT2D eigenvalue weighted by molar-refractivity contribution is 5.99. The van der Waals surface area contributed by atoms with Crippen LogP contribution < -0.4 is 14.4 Å². The summed E-state index contributed by atoms with van der Waals surface area (Å²) in [4.78, 5) is 31.2. The van der Waals surface area contributed by atoms with Gasteiger partial charge in [-0.1, -0.05) is 23.4 Å². The predicted octanol–water partition coefficient (Wildman–Crippen LogP) is 2.68. The van der Waals surface area contributed by atoms with E-state index in [2.05, 4.69) is 5.16 Å². The number of amides is 1. The van der Waals surface area contributed by atoms with E-state index in [1.54, 1.807) is 24.0 Å². The van der Waals surface area contributed by atoms with Gasteiger partial charge >= 0.3 is 5.97 Å². The number of nitrogens with zero attached hydrogens (tertiary/aromatic N) is 2. The van der Waals surface area contributed by atoms with Crippen molar-refractivity contribution >= 4 is 23.3 Å². The van der Waals surface area contributed by atoms with E-state index >= 15 is 0 Å². The number of hydrogen-bond donors (Lipinski definition) is 0. The lowest BCUT2D eigenvalue weighted by Gasteiger charge is -2.29. The Morgan fingerprint density at radius 3 is 2.83 bits per heavy atom. The van der Waals surface area contributed by atoms with Crippen molar-refractivity contribution in [3.05, 3.63) is 53.6 Å². The summed E-state index contributed by atoms with van der Waals surface area (Å²) >= 11 is 0. The first-order valence-electron chi connectivity index (χ1n) is 9.72. The van der Waals surface area contributed by atoms with Crippen LogP contribution in [-0.4, -0.2) is 44.1 Å². The molecule has 1 amide bonds. The molecule has 0 saturated carbocycles. The van der Waals surface area contributed by atoms with Gasteiger partial charge in [0.1, 0.15) is 0 Å². The quantitative estimate of drug-likeness (QED) is 0.413. The summed E-state index contributed by atoms with van der Waals surface area (Å²) in [6, 6.07) is 13.2. The van der Waals surface area contributed by atoms with Crippen LogP contribution in [0.3, 0.4) is 0 Å². The Labute approximate surface area is 174 Å². The summed E-state index contributed by atoms with van der Waals surface area (Å²) in [6.45, 7) is 1.84. The lowest BCUT2D eigenvalue weighted by atomic mass is 10.0. The zero-order chi connectivity index (χ0) is 20.9. The minimum absolute atomic E-state index is 0.194. The zero-order valence-electron chi connectivity index (χ0n) is 16.6. The fourth-order valence-electron chi connectivity index (χ4n) is 3.41. The van der Waals surface area contributed by atoms with Crippen LogP contribution >= 0.6 is 0 Å². The molecule has 156 valence electrons. The smallest absolute Gasteiger partial charge is 0.347 e. The Bertz CT molecular complexity index is 987. The molecule has 2 aromatic rings. The maximum atomic E-state index is 12.5. The number of hydrogen-bond acceptors (Lipinski definition) is 7. The number of benzene rings is 2. The van der Waals surface area contributed by atoms with Gasteiger partial charge in [0, 0.05) is 17.8 Å². The van der Waals surface area contributed by atoms with E-state index in [1.807, 2.05) is 30.3 Å². The highest BCUT2D eigenvalue weighted by Crippen LogP contribution is 2.32. The molecule has 0 fully saturated rings. The van der Waals surface area contributed by atoms with Crippen molar-refractivity contribution < 1.29 is 28.6 Å². The number of ether oxygens (including phenoxy) is 3. The van der Waals surface area contributed by atoms with Crippen molar-refractivity contribution in [1.29, 1.82) is 0 Å². The summed E-state index contributed by atoms with van der Waals surface area (Å²) in [7, 11) is 0. The van der Waals surface area contributed by atoms with Gasteiger partial charge in [-0.05, 0) is 49.6 Å². The van der Waals surface area contributed by atoms with Gasteiger partial charge in [0.15, 0.2) is 18.1 Å². The number of fused-ring (bicyclic) bond motifs is 2. The lowest BCUT2D eigenvalue weighted by molar-refractivity contribution is -0.152. The Morgan fingerprint density at radius 2 is 1.93 bits per heavy atom. The Balaban J connectivity index is 1.25. The summed E-state index contributed by atoms with van der Waals surface area (Å²) < 4.78 is 15.7. The van der Waals surface area contributed by atoms with E-state index in [0.29, 0.717) is 23.8 Å². The maximum Gasteiger partial charge on any atom is 0.347 e. The molecule has 2 aliphatic heterocycles. The molecular weight excluding hydrogens is 388 g/mol. The predicted molar refractivity (Wildman–Crippen MR) is 109 cm³/mol. The first-order valence-corrected chi connectivity index (χ1v) is 9.72. The third-order valence-corrected chi connectivity index (χ3v) is 4.94. The van der Waals surface area contributed by atoms with E-state index in [4.69, 9.17) is 19.0 Å². The minimum atomic E-state index is -0.657. The van der Waals surface area contributed by atoms with Crippen molar-refractivity contribution in [3.8, 4) is 11.5 Å². The number of esters is 1. The van der Waals surface area contributed by atoms with Crippen LogP contribution in [0.15, 0.2) is 47.6 Å². The van der Waals surface area contributed by atoms with Crippen LogP contribution in [0.4, 0.5) is 5.69 Å². The molecule has 0 spiro atoms. The number of carbonyl (C=O) groups is 2. The van der Waals surface area contributed by atoms with E-state index < -0.39 is 5.97 Å². The largest absolute Gasteiger partial charge is 0.454 e. The van der Waals surface area contributed by atoms with Crippen molar-refractivity contribution in [3.63, 3.8) is 0 Å². The van der Waals surface area contributed by atoms with Gasteiger partial charge in [-0.25, -0.2) is 4.79 Å². The molecule has 2 aromatic carbocycles. The maximum absolute atomic E-state index is 12.5. The van der Waals surface area contributed by atoms with Gasteiger partial charge in [0.25, 0.3) is 5.91 Å². The summed E-state index contributed by atoms with van der Waals surface area (Å²) in [5.41, 5.74) is 3.36. The number of rotatable bonds is 6. The third-order valence-electron chi connectivity index (χ3n) is 4.94. The van der Waals surface area contributed by atoms with Crippen molar-refractivity contribution in [2.45, 2.75) is 19.8 Å². The Morgan fingerprint density at radius 1 is 1.10 bits per heavy atom. The van der Waals surface area contributed by atoms with Crippen LogP contribution in [-0.2, 0) is 25.6 Å². The second-order valence-corrected chi connectivity index (χ2v) is 6.96. The first-order chi connectivity index (χ1) is 14.6. The minimum Gasteiger partial charge on any atom is -0.454 e. The number of oxime groups is 1. The molecule has 0 N–H and O–H groups in total. The number of anilines is 1. The van der Waals surface area contributed by atoms with Gasteiger partial charge in [0.05, 0.1) is 5.71 Å². The van der Waals surface area contributed by atoms with Gasteiger partial charge in [0.2, 0.25) is 13.4 Å². The molecule has 0 bridgehead atoms. The van der Waals surface area contributed by atoms with Gasteiger partial charge < -0.3 is 23.9 Å². The Hall–Kier alpha value is -3.55. The van der Waals surface area contributed by atoms with E-state index in [-0.39, 0.29) is 25.9 Å². The molecule has 30 heavy (non-hydrogen) atoms. The molecule has 2 heterocycles. The van der Waals surface area contributed by atoms with Crippen LogP contribution in [0, 0.1) is 0 Å². The molecule has 0 radical (unpaired) electrons. The Kier molecular flexibility index (Phi) is 5.83. The van der Waals surface area contributed by atoms with E-state index in [9.17, 15) is 9.59 Å². The average Bonchev–Trinajstić information content (AvgIpc) is 3.25. The molecule has 8 nitrogen and oxygen atoms in total. The highest BCUT2D eigenvalue weighted by atomic mass is 16.7. The van der Waals surface area contributed by atoms with Gasteiger partial charge in [-0.15, -0.1) is 0 Å². The molecule has 2 aliphatic rings. The molecule has 0 unspecified atom stereocenters. The normalized spacial score (nSPS) is 14.8. The van der Waals surface area contributed by atoms with Crippen LogP contribution in [0.1, 0.15) is 24.5 Å². The molecule has 0 saturated heterocycles. The van der Waals surface area contributed by atoms with Crippen molar-refractivity contribution in [2.24, 2.45) is 5.16 Å². The molecule has 0 atom stereocenters. The average molecular weight is 410 g/mol. The van der Waals surface area contributed by atoms with Crippen LogP contribution in [0.2, 0.25) is 0 Å². The second kappa shape index (κ2) is 8.86. The summed E-state index contributed by atoms with van der Waals surface area (Å²) in [5, 5.41) is 3.93. The zero-order valence-corrected chi connectivity index (χ0v) is 16.6. The second-order valence-electron chi connectivity index (χ2n) is 6.96. The van der Waals surface area contributed by atoms with Gasteiger partial charge in [-0.3, -0.25) is 4.79 Å². The first kappa shape index (κ1) is 19.8. The highest BCUT2D eigenvalue weighted by Gasteiger charge is 2.23. The third kappa shape index (κ3) is 4.37. The molecule has 4 rings (SSSR count). The molecule has 0 aliphatic carbocycles. The fraction of sp³-hybridized carbons (Fsp3) is 0.318. The van der Waals surface area contributed by atoms with E-state index in [1.165, 1.54) is 0 Å². The molecule has 8 heteroatoms. The number of para-hydroxylation sites is 1. The van der Waals surface area contributed by atoms with Gasteiger partial charge in [-0.2, -0.15) is 0 Å². The topological polar surface area (TPSA) is 86.7 Å². The SMILES string of the molecule is C/C(=N/OCC(=O)OCC(=O)N1CCCc2ccccc21)c1ccc2c(c1)OCO2. The van der Waals surface area contributed by atoms with Crippen molar-refractivity contribution in [1.82, 2.24) is 0 Å². The summed E-state index contributed by atoms with van der Waals surface area (Å²) in [6.07, 6.45) is 1.82. The van der Waals surface area contributed by atoms with Crippen LogP contribution in [0.25, 0.3) is 0 Å². The molecule has 0 aromatic heterocycles.